The number of hydrogen-bond donors (Lipinski definition) is 0. The van der Waals surface area contributed by atoms with Gasteiger partial charge in [0.25, 0.3) is 0 Å². The molecule has 0 atom stereocenters. The molecular weight excluding hydrogens is 825 g/mol. The van der Waals surface area contributed by atoms with Crippen LogP contribution in [0, 0.1) is 0 Å². The topological polar surface area (TPSA) is 35.6 Å². The van der Waals surface area contributed by atoms with E-state index in [2.05, 4.69) is 252 Å². The molecule has 4 heteroatoms. The molecule has 0 spiro atoms. The van der Waals surface area contributed by atoms with Gasteiger partial charge in [0.05, 0.1) is 16.7 Å². The van der Waals surface area contributed by atoms with Crippen LogP contribution in [-0.2, 0) is 0 Å². The molecule has 0 aliphatic rings. The molecular formula is C64H42N4. The van der Waals surface area contributed by atoms with Gasteiger partial charge in [0.2, 0.25) is 0 Å². The maximum absolute atomic E-state index is 5.49. The molecule has 0 aliphatic carbocycles. The van der Waals surface area contributed by atoms with Gasteiger partial charge in [-0.3, -0.25) is 0 Å². The Balaban J connectivity index is 1.08. The molecule has 0 radical (unpaired) electrons. The Morgan fingerprint density at radius 2 is 0.912 bits per heavy atom. The first-order valence-electron chi connectivity index (χ1n) is 23.1. The summed E-state index contributed by atoms with van der Waals surface area (Å²) in [7, 11) is 0. The lowest BCUT2D eigenvalue weighted by atomic mass is 9.91. The highest BCUT2D eigenvalue weighted by Crippen LogP contribution is 2.44. The van der Waals surface area contributed by atoms with Crippen LogP contribution < -0.4 is 0 Å². The fraction of sp³-hybridized carbons (Fsp3) is 0. The monoisotopic (exact) mass is 866 g/mol. The van der Waals surface area contributed by atoms with Crippen LogP contribution >= 0.6 is 0 Å². The zero-order valence-corrected chi connectivity index (χ0v) is 37.0. The fourth-order valence-corrected chi connectivity index (χ4v) is 10.2. The van der Waals surface area contributed by atoms with Crippen molar-refractivity contribution >= 4 is 43.4 Å². The van der Waals surface area contributed by atoms with Crippen LogP contribution in [0.3, 0.4) is 0 Å². The molecule has 318 valence electrons. The summed E-state index contributed by atoms with van der Waals surface area (Å²) in [6.07, 6.45) is 6.52. The summed E-state index contributed by atoms with van der Waals surface area (Å²) in [5.41, 5.74) is 16.3. The van der Waals surface area contributed by atoms with Crippen molar-refractivity contribution in [1.29, 1.82) is 0 Å². The third-order valence-electron chi connectivity index (χ3n) is 13.4. The van der Waals surface area contributed by atoms with E-state index < -0.39 is 0 Å². The van der Waals surface area contributed by atoms with Gasteiger partial charge in [-0.15, -0.1) is 0 Å². The normalized spacial score (nSPS) is 11.5. The molecule has 0 bridgehead atoms. The quantitative estimate of drug-likeness (QED) is 0.153. The molecule has 10 aromatic carbocycles. The Labute approximate surface area is 394 Å². The Morgan fingerprint density at radius 1 is 0.338 bits per heavy atom. The predicted molar refractivity (Wildman–Crippen MR) is 283 cm³/mol. The summed E-state index contributed by atoms with van der Waals surface area (Å²) in [5, 5.41) is 7.14. The maximum Gasteiger partial charge on any atom is 0.159 e. The first-order valence-corrected chi connectivity index (χ1v) is 23.1. The van der Waals surface area contributed by atoms with Crippen LogP contribution in [-0.4, -0.2) is 19.1 Å². The van der Waals surface area contributed by atoms with E-state index in [1.165, 1.54) is 49.0 Å². The van der Waals surface area contributed by atoms with Crippen LogP contribution in [0.15, 0.2) is 255 Å². The van der Waals surface area contributed by atoms with E-state index in [0.717, 1.165) is 67.1 Å². The van der Waals surface area contributed by atoms with Crippen molar-refractivity contribution in [3.8, 4) is 78.5 Å². The predicted octanol–water partition coefficient (Wildman–Crippen LogP) is 16.7. The molecule has 0 unspecified atom stereocenters. The van der Waals surface area contributed by atoms with E-state index in [9.17, 15) is 0 Å². The van der Waals surface area contributed by atoms with Crippen LogP contribution in [0.5, 0.6) is 0 Å². The van der Waals surface area contributed by atoms with Gasteiger partial charge in [-0.25, -0.2) is 9.97 Å². The number of fused-ring (bicyclic) bond motifs is 6. The summed E-state index contributed by atoms with van der Waals surface area (Å²) in [5.74, 6) is 0.664. The van der Waals surface area contributed by atoms with Crippen LogP contribution in [0.25, 0.3) is 122 Å². The van der Waals surface area contributed by atoms with Crippen molar-refractivity contribution in [2.75, 3.05) is 0 Å². The fourth-order valence-electron chi connectivity index (χ4n) is 10.2. The van der Waals surface area contributed by atoms with Gasteiger partial charge in [-0.05, 0) is 110 Å². The molecule has 0 saturated heterocycles. The highest BCUT2D eigenvalue weighted by atomic mass is 15.0. The van der Waals surface area contributed by atoms with Gasteiger partial charge in [0.1, 0.15) is 0 Å². The standard InChI is InChI=1S/C64H42N4/c1-5-17-43(18-6-1)44-29-32-53(33-30-44)68-42-59(61-54-26-14-13-21-46(54)31-34-60(61)68)50-37-49(57-40-48-35-36-67(52-24-11-4-12-25-52)63(48)56-28-16-15-27-55(56)57)38-51(39-50)64-65-41-58(45-19-7-2-8-20-45)62(66-64)47-22-9-3-10-23-47/h1-42H. The minimum Gasteiger partial charge on any atom is -0.316 e. The Morgan fingerprint density at radius 3 is 1.65 bits per heavy atom. The summed E-state index contributed by atoms with van der Waals surface area (Å²) in [4.78, 5) is 10.7. The van der Waals surface area contributed by atoms with Crippen molar-refractivity contribution in [3.05, 3.63) is 255 Å². The molecule has 0 fully saturated rings. The van der Waals surface area contributed by atoms with Crippen LogP contribution in [0.1, 0.15) is 0 Å². The molecule has 3 aromatic heterocycles. The average molecular weight is 867 g/mol. The van der Waals surface area contributed by atoms with Crippen molar-refractivity contribution in [2.24, 2.45) is 0 Å². The lowest BCUT2D eigenvalue weighted by molar-refractivity contribution is 1.13. The Hall–Kier alpha value is -9.12. The summed E-state index contributed by atoms with van der Waals surface area (Å²) in [6, 6.07) is 84.7. The van der Waals surface area contributed by atoms with Crippen molar-refractivity contribution in [3.63, 3.8) is 0 Å². The lowest BCUT2D eigenvalue weighted by Gasteiger charge is -2.16. The van der Waals surface area contributed by atoms with Crippen molar-refractivity contribution in [2.45, 2.75) is 0 Å². The SMILES string of the molecule is c1ccc(-c2ccc(-n3cc(-c4cc(-c5ncc(-c6ccccc6)c(-c6ccccc6)n5)cc(-c5cc6ccn(-c7ccccc7)c6c6ccccc56)c4)c4c5ccccc5ccc43)cc2)cc1. The number of para-hydroxylation sites is 1. The van der Waals surface area contributed by atoms with Crippen LogP contribution in [0.2, 0.25) is 0 Å². The highest BCUT2D eigenvalue weighted by Gasteiger charge is 2.21. The largest absolute Gasteiger partial charge is 0.316 e. The number of nitrogens with zero attached hydrogens (tertiary/aromatic N) is 4. The number of hydrogen-bond acceptors (Lipinski definition) is 2. The molecule has 4 nitrogen and oxygen atoms in total. The minimum atomic E-state index is 0.664. The molecule has 13 aromatic rings. The Bertz CT molecular complexity index is 3980. The van der Waals surface area contributed by atoms with Gasteiger partial charge in [-0.2, -0.15) is 0 Å². The van der Waals surface area contributed by atoms with Gasteiger partial charge in [-0.1, -0.05) is 176 Å². The second-order valence-corrected chi connectivity index (χ2v) is 17.4. The minimum absolute atomic E-state index is 0.664. The first-order chi connectivity index (χ1) is 33.7. The smallest absolute Gasteiger partial charge is 0.159 e. The third kappa shape index (κ3) is 6.78. The molecule has 0 N–H and O–H groups in total. The number of aromatic nitrogens is 4. The molecule has 0 aliphatic heterocycles. The Kier molecular flexibility index (Phi) is 9.47. The van der Waals surface area contributed by atoms with E-state index in [4.69, 9.17) is 9.97 Å². The van der Waals surface area contributed by atoms with Crippen LogP contribution in [0.4, 0.5) is 0 Å². The molecule has 3 heterocycles. The second kappa shape index (κ2) is 16.4. The van der Waals surface area contributed by atoms with E-state index in [0.29, 0.717) is 5.82 Å². The summed E-state index contributed by atoms with van der Waals surface area (Å²) >= 11 is 0. The highest BCUT2D eigenvalue weighted by molar-refractivity contribution is 6.16. The number of rotatable bonds is 8. The third-order valence-corrected chi connectivity index (χ3v) is 13.4. The molecule has 68 heavy (non-hydrogen) atoms. The van der Waals surface area contributed by atoms with Gasteiger partial charge in [0, 0.05) is 68.4 Å². The number of benzene rings is 10. The zero-order chi connectivity index (χ0) is 45.0. The summed E-state index contributed by atoms with van der Waals surface area (Å²) in [6.45, 7) is 0. The van der Waals surface area contributed by atoms with Crippen molar-refractivity contribution < 1.29 is 0 Å². The second-order valence-electron chi connectivity index (χ2n) is 17.4. The lowest BCUT2D eigenvalue weighted by Crippen LogP contribution is -1.97. The zero-order valence-electron chi connectivity index (χ0n) is 37.0. The first kappa shape index (κ1) is 39.3. The van der Waals surface area contributed by atoms with E-state index in [-0.39, 0.29) is 0 Å². The molecule has 0 saturated carbocycles. The van der Waals surface area contributed by atoms with E-state index in [1.54, 1.807) is 0 Å². The maximum atomic E-state index is 5.49. The summed E-state index contributed by atoms with van der Waals surface area (Å²) < 4.78 is 4.66. The average Bonchev–Trinajstić information content (AvgIpc) is 4.05. The van der Waals surface area contributed by atoms with E-state index >= 15 is 0 Å². The molecule has 0 amide bonds. The van der Waals surface area contributed by atoms with Crippen molar-refractivity contribution in [1.82, 2.24) is 19.1 Å². The van der Waals surface area contributed by atoms with Gasteiger partial charge < -0.3 is 9.13 Å². The van der Waals surface area contributed by atoms with E-state index in [1.807, 2.05) is 12.3 Å². The van der Waals surface area contributed by atoms with Gasteiger partial charge >= 0.3 is 0 Å². The van der Waals surface area contributed by atoms with Gasteiger partial charge in [0.15, 0.2) is 5.82 Å². The molecule has 13 rings (SSSR count).